The van der Waals surface area contributed by atoms with Gasteiger partial charge in [0.25, 0.3) is 11.8 Å². The first-order chi connectivity index (χ1) is 14.5. The van der Waals surface area contributed by atoms with Crippen molar-refractivity contribution in [2.45, 2.75) is 31.4 Å². The van der Waals surface area contributed by atoms with E-state index in [1.165, 1.54) is 0 Å². The van der Waals surface area contributed by atoms with Crippen LogP contribution in [0.15, 0.2) is 58.8 Å². The van der Waals surface area contributed by atoms with Gasteiger partial charge in [-0.25, -0.2) is 4.98 Å². The molecule has 0 saturated heterocycles. The molecule has 0 radical (unpaired) electrons. The van der Waals surface area contributed by atoms with Crippen LogP contribution in [0, 0.1) is 6.92 Å². The molecule has 1 heterocycles. The summed E-state index contributed by atoms with van der Waals surface area (Å²) in [6.45, 7) is 7.19. The maximum atomic E-state index is 12.9. The summed E-state index contributed by atoms with van der Waals surface area (Å²) in [6, 6.07) is 14.6. The molecule has 3 aromatic rings. The van der Waals surface area contributed by atoms with E-state index in [-0.39, 0.29) is 11.8 Å². The van der Waals surface area contributed by atoms with Crippen molar-refractivity contribution in [3.63, 3.8) is 0 Å². The Labute approximate surface area is 185 Å². The van der Waals surface area contributed by atoms with Crippen molar-refractivity contribution in [3.05, 3.63) is 75.7 Å². The number of hydrogen-bond donors (Lipinski definition) is 1. The lowest BCUT2D eigenvalue weighted by Gasteiger charge is -2.19. The molecule has 0 bridgehead atoms. The van der Waals surface area contributed by atoms with E-state index in [0.717, 1.165) is 15.6 Å². The molecule has 5 nitrogen and oxygen atoms in total. The second-order valence-electron chi connectivity index (χ2n) is 6.66. The van der Waals surface area contributed by atoms with Gasteiger partial charge in [0.2, 0.25) is 0 Å². The highest BCUT2D eigenvalue weighted by molar-refractivity contribution is 7.98. The van der Waals surface area contributed by atoms with Gasteiger partial charge in [0.15, 0.2) is 0 Å². The third-order valence-electron chi connectivity index (χ3n) is 4.59. The molecule has 0 spiro atoms. The highest BCUT2D eigenvalue weighted by atomic mass is 32.2. The van der Waals surface area contributed by atoms with Crippen molar-refractivity contribution in [1.29, 1.82) is 0 Å². The number of rotatable bonds is 8. The van der Waals surface area contributed by atoms with Crippen molar-refractivity contribution >= 4 is 40.6 Å². The molecule has 0 aliphatic rings. The Hall–Kier alpha value is -2.64. The van der Waals surface area contributed by atoms with Crippen LogP contribution in [-0.4, -0.2) is 34.8 Å². The van der Waals surface area contributed by atoms with Crippen LogP contribution < -0.4 is 5.32 Å². The highest BCUT2D eigenvalue weighted by Crippen LogP contribution is 2.27. The Balaban J connectivity index is 1.73. The van der Waals surface area contributed by atoms with E-state index < -0.39 is 0 Å². The fourth-order valence-electron chi connectivity index (χ4n) is 3.03. The van der Waals surface area contributed by atoms with Crippen LogP contribution in [0.5, 0.6) is 0 Å². The van der Waals surface area contributed by atoms with Gasteiger partial charge in [0.1, 0.15) is 0 Å². The summed E-state index contributed by atoms with van der Waals surface area (Å²) < 4.78 is 0. The molecule has 0 fully saturated rings. The summed E-state index contributed by atoms with van der Waals surface area (Å²) in [5, 5.41) is 6.02. The maximum absolute atomic E-state index is 12.9. The Kier molecular flexibility index (Phi) is 7.65. The molecule has 1 aromatic heterocycles. The number of nitrogens with zero attached hydrogens (tertiary/aromatic N) is 2. The molecule has 2 aromatic carbocycles. The van der Waals surface area contributed by atoms with Crippen LogP contribution in [0.1, 0.15) is 45.3 Å². The van der Waals surface area contributed by atoms with Crippen LogP contribution >= 0.6 is 23.1 Å². The monoisotopic (exact) mass is 439 g/mol. The van der Waals surface area contributed by atoms with Crippen LogP contribution in [0.2, 0.25) is 0 Å². The summed E-state index contributed by atoms with van der Waals surface area (Å²) in [5.41, 5.74) is 2.79. The largest absolute Gasteiger partial charge is 0.339 e. The van der Waals surface area contributed by atoms with Gasteiger partial charge in [-0.3, -0.25) is 9.59 Å². The molecule has 156 valence electrons. The second kappa shape index (κ2) is 10.4. The van der Waals surface area contributed by atoms with E-state index in [0.29, 0.717) is 35.7 Å². The standard InChI is InChI=1S/C23H25N3O2S2/c1-4-26(5-2)23(28)17-9-8-10-18(13-17)25-22(27)20-11-6-7-12-21(20)30-15-19-14-29-16(3)24-19/h6-14H,4-5,15H2,1-3H3,(H,25,27). The number of carbonyl (C=O) groups is 2. The number of carbonyl (C=O) groups excluding carboxylic acids is 2. The molecule has 1 N–H and O–H groups in total. The van der Waals surface area contributed by atoms with Gasteiger partial charge in [-0.15, -0.1) is 23.1 Å². The van der Waals surface area contributed by atoms with Gasteiger partial charge < -0.3 is 10.2 Å². The van der Waals surface area contributed by atoms with Crippen molar-refractivity contribution in [2.24, 2.45) is 0 Å². The van der Waals surface area contributed by atoms with Crippen LogP contribution in [0.3, 0.4) is 0 Å². The minimum absolute atomic E-state index is 0.0365. The lowest BCUT2D eigenvalue weighted by atomic mass is 10.1. The van der Waals surface area contributed by atoms with E-state index in [1.807, 2.05) is 50.4 Å². The fraction of sp³-hybridized carbons (Fsp3) is 0.261. The zero-order chi connectivity index (χ0) is 21.5. The zero-order valence-electron chi connectivity index (χ0n) is 17.3. The minimum Gasteiger partial charge on any atom is -0.339 e. The molecule has 0 aliphatic heterocycles. The van der Waals surface area contributed by atoms with Crippen LogP contribution in [0.25, 0.3) is 0 Å². The summed E-state index contributed by atoms with van der Waals surface area (Å²) in [6.07, 6.45) is 0. The SMILES string of the molecule is CCN(CC)C(=O)c1cccc(NC(=O)c2ccccc2SCc2csc(C)n2)c1. The van der Waals surface area contributed by atoms with Crippen molar-refractivity contribution in [2.75, 3.05) is 18.4 Å². The number of aromatic nitrogens is 1. The topological polar surface area (TPSA) is 62.3 Å². The molecule has 0 saturated carbocycles. The van der Waals surface area contributed by atoms with Gasteiger partial charge in [-0.05, 0) is 51.1 Å². The Morgan fingerprint density at radius 1 is 1.10 bits per heavy atom. The first kappa shape index (κ1) is 22.1. The highest BCUT2D eigenvalue weighted by Gasteiger charge is 2.15. The lowest BCUT2D eigenvalue weighted by Crippen LogP contribution is -2.30. The second-order valence-corrected chi connectivity index (χ2v) is 8.73. The molecule has 3 rings (SSSR count). The van der Waals surface area contributed by atoms with Gasteiger partial charge >= 0.3 is 0 Å². The summed E-state index contributed by atoms with van der Waals surface area (Å²) >= 11 is 3.22. The number of aryl methyl sites for hydroxylation is 1. The van der Waals surface area contributed by atoms with E-state index >= 15 is 0 Å². The Morgan fingerprint density at radius 2 is 1.87 bits per heavy atom. The summed E-state index contributed by atoms with van der Waals surface area (Å²) in [5.74, 6) is 0.480. The van der Waals surface area contributed by atoms with Gasteiger partial charge in [0.05, 0.1) is 16.3 Å². The minimum atomic E-state index is -0.194. The predicted octanol–water partition coefficient (Wildman–Crippen LogP) is 5.48. The van der Waals surface area contributed by atoms with Gasteiger partial charge in [-0.1, -0.05) is 18.2 Å². The first-order valence-electron chi connectivity index (χ1n) is 9.85. The molecule has 0 unspecified atom stereocenters. The number of anilines is 1. The Morgan fingerprint density at radius 3 is 2.57 bits per heavy atom. The molecular formula is C23H25N3O2S2. The number of thioether (sulfide) groups is 1. The smallest absolute Gasteiger partial charge is 0.256 e. The lowest BCUT2D eigenvalue weighted by molar-refractivity contribution is 0.0772. The maximum Gasteiger partial charge on any atom is 0.256 e. The normalized spacial score (nSPS) is 10.6. The average molecular weight is 440 g/mol. The summed E-state index contributed by atoms with van der Waals surface area (Å²) in [7, 11) is 0. The van der Waals surface area contributed by atoms with E-state index in [2.05, 4.69) is 10.3 Å². The zero-order valence-corrected chi connectivity index (χ0v) is 19.0. The summed E-state index contributed by atoms with van der Waals surface area (Å²) in [4.78, 5) is 32.7. The Bertz CT molecular complexity index is 1030. The first-order valence-corrected chi connectivity index (χ1v) is 11.7. The van der Waals surface area contributed by atoms with Crippen LogP contribution in [-0.2, 0) is 5.75 Å². The van der Waals surface area contributed by atoms with Crippen molar-refractivity contribution < 1.29 is 9.59 Å². The molecule has 0 aliphatic carbocycles. The number of benzene rings is 2. The quantitative estimate of drug-likeness (QED) is 0.472. The van der Waals surface area contributed by atoms with Crippen molar-refractivity contribution in [1.82, 2.24) is 9.88 Å². The molecule has 2 amide bonds. The third-order valence-corrected chi connectivity index (χ3v) is 6.52. The van der Waals surface area contributed by atoms with Crippen LogP contribution in [0.4, 0.5) is 5.69 Å². The fourth-order valence-corrected chi connectivity index (χ4v) is 4.69. The van der Waals surface area contributed by atoms with E-state index in [4.69, 9.17) is 0 Å². The van der Waals surface area contributed by atoms with E-state index in [1.54, 1.807) is 52.3 Å². The molecular weight excluding hydrogens is 414 g/mol. The number of hydrogen-bond acceptors (Lipinski definition) is 5. The third kappa shape index (κ3) is 5.49. The van der Waals surface area contributed by atoms with E-state index in [9.17, 15) is 9.59 Å². The number of amides is 2. The van der Waals surface area contributed by atoms with Gasteiger partial charge in [-0.2, -0.15) is 0 Å². The van der Waals surface area contributed by atoms with Crippen molar-refractivity contribution in [3.8, 4) is 0 Å². The average Bonchev–Trinajstić information content (AvgIpc) is 3.18. The number of nitrogens with one attached hydrogen (secondary N) is 1. The molecule has 30 heavy (non-hydrogen) atoms. The molecule has 0 atom stereocenters. The van der Waals surface area contributed by atoms with Gasteiger partial charge in [0, 0.05) is 40.4 Å². The predicted molar refractivity (Wildman–Crippen MR) is 125 cm³/mol. The number of thiazole rings is 1. The molecule has 7 heteroatoms.